The van der Waals surface area contributed by atoms with E-state index < -0.39 is 0 Å². The van der Waals surface area contributed by atoms with Gasteiger partial charge in [0.05, 0.1) is 20.3 Å². The van der Waals surface area contributed by atoms with Crippen LogP contribution in [0.5, 0.6) is 11.5 Å². The zero-order chi connectivity index (χ0) is 12.7. The van der Waals surface area contributed by atoms with Gasteiger partial charge in [-0.15, -0.1) is 0 Å². The number of aliphatic hydroxyl groups excluding tert-OH is 1. The van der Waals surface area contributed by atoms with Crippen LogP contribution >= 0.6 is 0 Å². The molecule has 4 nitrogen and oxygen atoms in total. The summed E-state index contributed by atoms with van der Waals surface area (Å²) in [7, 11) is 5.68. The molecule has 96 valence electrons. The maximum atomic E-state index is 9.20. The molecule has 0 atom stereocenters. The van der Waals surface area contributed by atoms with E-state index in [0.717, 1.165) is 24.3 Å². The lowest BCUT2D eigenvalue weighted by Gasteiger charge is -2.13. The summed E-state index contributed by atoms with van der Waals surface area (Å²) in [5.41, 5.74) is 0.788. The van der Waals surface area contributed by atoms with E-state index in [0.29, 0.717) is 12.4 Å². The molecule has 17 heavy (non-hydrogen) atoms. The van der Waals surface area contributed by atoms with Crippen LogP contribution in [0.1, 0.15) is 12.0 Å². The van der Waals surface area contributed by atoms with Gasteiger partial charge in [-0.05, 0) is 32.6 Å². The average molecular weight is 239 g/mol. The fourth-order valence-corrected chi connectivity index (χ4v) is 1.49. The van der Waals surface area contributed by atoms with Gasteiger partial charge in [-0.25, -0.2) is 0 Å². The molecule has 0 aliphatic heterocycles. The largest absolute Gasteiger partial charge is 0.497 e. The molecule has 0 bridgehead atoms. The van der Waals surface area contributed by atoms with E-state index in [-0.39, 0.29) is 6.61 Å². The van der Waals surface area contributed by atoms with Crippen LogP contribution in [0, 0.1) is 0 Å². The predicted octanol–water partition coefficient (Wildman–Crippen LogP) is 1.52. The second kappa shape index (κ2) is 7.14. The zero-order valence-electron chi connectivity index (χ0n) is 10.8. The fraction of sp³-hybridized carbons (Fsp3) is 0.538. The Kier molecular flexibility index (Phi) is 5.80. The lowest BCUT2D eigenvalue weighted by molar-refractivity contribution is 0.252. The lowest BCUT2D eigenvalue weighted by Crippen LogP contribution is -2.15. The second-order valence-corrected chi connectivity index (χ2v) is 4.14. The molecular formula is C13H21NO3. The molecule has 1 aromatic rings. The Morgan fingerprint density at radius 3 is 2.65 bits per heavy atom. The fourth-order valence-electron chi connectivity index (χ4n) is 1.49. The van der Waals surface area contributed by atoms with E-state index in [1.54, 1.807) is 13.2 Å². The molecule has 1 rings (SSSR count). The molecule has 4 heteroatoms. The highest BCUT2D eigenvalue weighted by atomic mass is 16.5. The number of nitrogens with zero attached hydrogens (tertiary/aromatic N) is 1. The van der Waals surface area contributed by atoms with Gasteiger partial charge < -0.3 is 19.5 Å². The Balaban J connectivity index is 2.55. The van der Waals surface area contributed by atoms with Crippen molar-refractivity contribution in [3.8, 4) is 11.5 Å². The summed E-state index contributed by atoms with van der Waals surface area (Å²) in [6.45, 7) is 1.60. The molecule has 0 saturated heterocycles. The summed E-state index contributed by atoms with van der Waals surface area (Å²) >= 11 is 0. The second-order valence-electron chi connectivity index (χ2n) is 4.14. The third kappa shape index (κ3) is 4.63. The van der Waals surface area contributed by atoms with Gasteiger partial charge in [-0.2, -0.15) is 0 Å². The van der Waals surface area contributed by atoms with Crippen molar-refractivity contribution in [2.45, 2.75) is 13.0 Å². The number of rotatable bonds is 7. The van der Waals surface area contributed by atoms with Crippen molar-refractivity contribution in [2.75, 3.05) is 34.4 Å². The quantitative estimate of drug-likeness (QED) is 0.732. The number of methoxy groups -OCH3 is 1. The minimum absolute atomic E-state index is 0.0208. The summed E-state index contributed by atoms with van der Waals surface area (Å²) in [6, 6.07) is 5.44. The average Bonchev–Trinajstić information content (AvgIpc) is 2.34. The highest BCUT2D eigenvalue weighted by molar-refractivity contribution is 5.40. The SMILES string of the molecule is COc1ccc(CO)c(OCCCN(C)C)c1. The van der Waals surface area contributed by atoms with Crippen molar-refractivity contribution < 1.29 is 14.6 Å². The Morgan fingerprint density at radius 1 is 1.29 bits per heavy atom. The molecule has 0 heterocycles. The van der Waals surface area contributed by atoms with Crippen LogP contribution in [-0.2, 0) is 6.61 Å². The topological polar surface area (TPSA) is 41.9 Å². The van der Waals surface area contributed by atoms with E-state index in [2.05, 4.69) is 4.90 Å². The standard InChI is InChI=1S/C13H21NO3/c1-14(2)7-4-8-17-13-9-12(16-3)6-5-11(13)10-15/h5-6,9,15H,4,7-8,10H2,1-3H3. The molecule has 0 aliphatic carbocycles. The predicted molar refractivity (Wildman–Crippen MR) is 67.6 cm³/mol. The number of ether oxygens (including phenoxy) is 2. The normalized spacial score (nSPS) is 10.6. The summed E-state index contributed by atoms with van der Waals surface area (Å²) < 4.78 is 10.8. The molecule has 0 radical (unpaired) electrons. The van der Waals surface area contributed by atoms with Crippen molar-refractivity contribution in [1.29, 1.82) is 0 Å². The molecule has 0 unspecified atom stereocenters. The van der Waals surface area contributed by atoms with Crippen LogP contribution in [0.15, 0.2) is 18.2 Å². The smallest absolute Gasteiger partial charge is 0.128 e. The van der Waals surface area contributed by atoms with Gasteiger partial charge in [0.1, 0.15) is 11.5 Å². The van der Waals surface area contributed by atoms with Crippen molar-refractivity contribution in [3.63, 3.8) is 0 Å². The van der Waals surface area contributed by atoms with E-state index in [1.807, 2.05) is 26.2 Å². The summed E-state index contributed by atoms with van der Waals surface area (Å²) in [6.07, 6.45) is 0.953. The molecular weight excluding hydrogens is 218 g/mol. The first-order valence-electron chi connectivity index (χ1n) is 5.72. The van der Waals surface area contributed by atoms with Gasteiger partial charge in [0.15, 0.2) is 0 Å². The lowest BCUT2D eigenvalue weighted by atomic mass is 10.2. The van der Waals surface area contributed by atoms with Gasteiger partial charge in [0.25, 0.3) is 0 Å². The molecule has 1 aromatic carbocycles. The van der Waals surface area contributed by atoms with Crippen LogP contribution in [0.3, 0.4) is 0 Å². The van der Waals surface area contributed by atoms with Crippen LogP contribution < -0.4 is 9.47 Å². The third-order valence-electron chi connectivity index (χ3n) is 2.45. The van der Waals surface area contributed by atoms with E-state index in [4.69, 9.17) is 9.47 Å². The summed E-state index contributed by atoms with van der Waals surface area (Å²) in [4.78, 5) is 2.11. The summed E-state index contributed by atoms with van der Waals surface area (Å²) in [5.74, 6) is 1.44. The number of benzene rings is 1. The van der Waals surface area contributed by atoms with E-state index in [1.165, 1.54) is 0 Å². The molecule has 0 amide bonds. The van der Waals surface area contributed by atoms with Gasteiger partial charge in [-0.3, -0.25) is 0 Å². The molecule has 1 N–H and O–H groups in total. The summed E-state index contributed by atoms with van der Waals surface area (Å²) in [5, 5.41) is 9.20. The molecule has 0 spiro atoms. The Hall–Kier alpha value is -1.26. The first kappa shape index (κ1) is 13.8. The first-order chi connectivity index (χ1) is 8.17. The third-order valence-corrected chi connectivity index (χ3v) is 2.45. The number of hydrogen-bond acceptors (Lipinski definition) is 4. The Morgan fingerprint density at radius 2 is 2.06 bits per heavy atom. The van der Waals surface area contributed by atoms with Crippen molar-refractivity contribution >= 4 is 0 Å². The number of aliphatic hydroxyl groups is 1. The Bertz CT molecular complexity index is 339. The van der Waals surface area contributed by atoms with E-state index in [9.17, 15) is 5.11 Å². The molecule has 0 fully saturated rings. The van der Waals surface area contributed by atoms with Gasteiger partial charge in [0, 0.05) is 18.2 Å². The first-order valence-corrected chi connectivity index (χ1v) is 5.72. The highest BCUT2D eigenvalue weighted by Gasteiger charge is 2.05. The van der Waals surface area contributed by atoms with Crippen molar-refractivity contribution in [3.05, 3.63) is 23.8 Å². The van der Waals surface area contributed by atoms with Gasteiger partial charge in [-0.1, -0.05) is 0 Å². The van der Waals surface area contributed by atoms with Crippen molar-refractivity contribution in [1.82, 2.24) is 4.90 Å². The van der Waals surface area contributed by atoms with Crippen LogP contribution in [0.2, 0.25) is 0 Å². The molecule has 0 saturated carbocycles. The molecule has 0 aliphatic rings. The van der Waals surface area contributed by atoms with Gasteiger partial charge in [0.2, 0.25) is 0 Å². The Labute approximate surface area is 103 Å². The zero-order valence-corrected chi connectivity index (χ0v) is 10.8. The monoisotopic (exact) mass is 239 g/mol. The molecule has 0 aromatic heterocycles. The minimum Gasteiger partial charge on any atom is -0.497 e. The van der Waals surface area contributed by atoms with E-state index >= 15 is 0 Å². The number of hydrogen-bond donors (Lipinski definition) is 1. The maximum absolute atomic E-state index is 9.20. The van der Waals surface area contributed by atoms with Crippen LogP contribution in [0.25, 0.3) is 0 Å². The van der Waals surface area contributed by atoms with Crippen molar-refractivity contribution in [2.24, 2.45) is 0 Å². The van der Waals surface area contributed by atoms with Crippen LogP contribution in [0.4, 0.5) is 0 Å². The van der Waals surface area contributed by atoms with Crippen LogP contribution in [-0.4, -0.2) is 44.4 Å². The van der Waals surface area contributed by atoms with Gasteiger partial charge >= 0.3 is 0 Å². The maximum Gasteiger partial charge on any atom is 0.128 e. The highest BCUT2D eigenvalue weighted by Crippen LogP contribution is 2.24. The minimum atomic E-state index is -0.0208.